The molecule has 0 aliphatic carbocycles. The molecule has 0 aromatic rings. The zero-order valence-corrected chi connectivity index (χ0v) is 23.2. The van der Waals surface area contributed by atoms with Crippen molar-refractivity contribution in [3.63, 3.8) is 0 Å². The minimum Gasteiger partial charge on any atom is -0.394 e. The molecule has 0 spiro atoms. The molecule has 1 aliphatic heterocycles. The number of allylic oxidation sites excluding steroid dienone is 1. The standard InChI is InChI=1S/C30H57NO6/c1-2-3-4-5-6-7-8-9-10-11-12-13-14-15-16-17-18-19-20-21-22-23-26(33)31-27-29(35)28(34)25(24-32)37-30(27)36/h22-23,25,27-30,32,34-36H,2-21,24H2,1H3,(H,31,33)/t25-,27-,28-,29-,30?/m1/s1/i1D. The van der Waals surface area contributed by atoms with Crippen LogP contribution in [-0.2, 0) is 9.53 Å². The van der Waals surface area contributed by atoms with Gasteiger partial charge in [0.2, 0.25) is 5.91 Å². The van der Waals surface area contributed by atoms with Gasteiger partial charge in [0.25, 0.3) is 0 Å². The van der Waals surface area contributed by atoms with Crippen molar-refractivity contribution in [1.29, 1.82) is 0 Å². The van der Waals surface area contributed by atoms with Crippen LogP contribution in [0.4, 0.5) is 0 Å². The summed E-state index contributed by atoms with van der Waals surface area (Å²) < 4.78 is 12.2. The third-order valence-electron chi connectivity index (χ3n) is 7.35. The fourth-order valence-corrected chi connectivity index (χ4v) is 4.92. The first kappa shape index (κ1) is 32.2. The number of nitrogens with one attached hydrogen (secondary N) is 1. The van der Waals surface area contributed by atoms with Crippen molar-refractivity contribution >= 4 is 5.91 Å². The number of unbranched alkanes of at least 4 members (excludes halogenated alkanes) is 19. The largest absolute Gasteiger partial charge is 0.394 e. The van der Waals surface area contributed by atoms with E-state index in [2.05, 4.69) is 5.32 Å². The highest BCUT2D eigenvalue weighted by molar-refractivity contribution is 5.87. The van der Waals surface area contributed by atoms with Crippen molar-refractivity contribution in [2.45, 2.75) is 166 Å². The summed E-state index contributed by atoms with van der Waals surface area (Å²) in [7, 11) is 0. The Labute approximate surface area is 227 Å². The van der Waals surface area contributed by atoms with Gasteiger partial charge in [0.05, 0.1) is 6.61 Å². The molecule has 1 rings (SSSR count). The second-order valence-electron chi connectivity index (χ2n) is 10.7. The van der Waals surface area contributed by atoms with E-state index in [1.807, 2.05) is 0 Å². The lowest BCUT2D eigenvalue weighted by molar-refractivity contribution is -0.253. The number of hydrogen-bond acceptors (Lipinski definition) is 6. The summed E-state index contributed by atoms with van der Waals surface area (Å²) in [6.07, 6.45) is 23.2. The Morgan fingerprint density at radius 3 is 1.68 bits per heavy atom. The minimum absolute atomic E-state index is 0.464. The highest BCUT2D eigenvalue weighted by Crippen LogP contribution is 2.20. The normalized spacial score (nSPS) is 24.4. The Hall–Kier alpha value is -0.990. The first-order valence-electron chi connectivity index (χ1n) is 15.8. The van der Waals surface area contributed by atoms with E-state index in [-0.39, 0.29) is 0 Å². The zero-order valence-electron chi connectivity index (χ0n) is 24.2. The van der Waals surface area contributed by atoms with Gasteiger partial charge in [-0.25, -0.2) is 0 Å². The van der Waals surface area contributed by atoms with Gasteiger partial charge < -0.3 is 30.5 Å². The molecule has 7 nitrogen and oxygen atoms in total. The van der Waals surface area contributed by atoms with E-state index in [1.54, 1.807) is 6.08 Å². The number of carbonyl (C=O) groups is 1. The molecule has 1 unspecified atom stereocenters. The van der Waals surface area contributed by atoms with Crippen LogP contribution in [0.2, 0.25) is 0 Å². The lowest BCUT2D eigenvalue weighted by atomic mass is 9.97. The molecule has 0 aromatic carbocycles. The number of amides is 1. The van der Waals surface area contributed by atoms with Crippen molar-refractivity contribution in [2.24, 2.45) is 0 Å². The molecule has 5 N–H and O–H groups in total. The molecule has 7 heteroatoms. The van der Waals surface area contributed by atoms with Crippen LogP contribution in [0, 0.1) is 0 Å². The molecule has 0 radical (unpaired) electrons. The number of ether oxygens (including phenoxy) is 1. The molecule has 0 bridgehead atoms. The summed E-state index contributed by atoms with van der Waals surface area (Å²) in [4.78, 5) is 12.1. The Balaban J connectivity index is 1.86. The predicted molar refractivity (Wildman–Crippen MR) is 149 cm³/mol. The van der Waals surface area contributed by atoms with Gasteiger partial charge in [0.15, 0.2) is 6.29 Å². The summed E-state index contributed by atoms with van der Waals surface area (Å²) in [6.45, 7) is 0.0539. The SMILES string of the molecule is [2H]CCCCCCCCCCCCCCCCCCCCCC=CC(=O)N[C@H]1C(O)O[C@H](CO)[C@@H](O)[C@@H]1O. The maximum Gasteiger partial charge on any atom is 0.244 e. The van der Waals surface area contributed by atoms with Crippen LogP contribution in [-0.4, -0.2) is 63.6 Å². The van der Waals surface area contributed by atoms with Gasteiger partial charge in [0, 0.05) is 1.37 Å². The third kappa shape index (κ3) is 16.6. The number of rotatable bonds is 23. The quantitative estimate of drug-likeness (QED) is 0.0909. The summed E-state index contributed by atoms with van der Waals surface area (Å²) in [5, 5.41) is 41.4. The molecule has 1 fully saturated rings. The van der Waals surface area contributed by atoms with E-state index in [0.717, 1.165) is 25.7 Å². The first-order chi connectivity index (χ1) is 18.5. The van der Waals surface area contributed by atoms with E-state index in [1.165, 1.54) is 109 Å². The molecule has 1 amide bonds. The first-order valence-corrected chi connectivity index (χ1v) is 15.1. The molecule has 0 saturated carbocycles. The van der Waals surface area contributed by atoms with Crippen LogP contribution in [0.25, 0.3) is 0 Å². The fourth-order valence-electron chi connectivity index (χ4n) is 4.92. The van der Waals surface area contributed by atoms with Gasteiger partial charge in [-0.05, 0) is 18.9 Å². The molecule has 1 saturated heterocycles. The highest BCUT2D eigenvalue weighted by atomic mass is 16.6. The second-order valence-corrected chi connectivity index (χ2v) is 10.7. The van der Waals surface area contributed by atoms with Gasteiger partial charge in [-0.1, -0.05) is 129 Å². The van der Waals surface area contributed by atoms with Crippen molar-refractivity contribution < 1.29 is 31.3 Å². The van der Waals surface area contributed by atoms with Crippen LogP contribution < -0.4 is 5.32 Å². The van der Waals surface area contributed by atoms with E-state index in [0.29, 0.717) is 6.90 Å². The number of carbonyl (C=O) groups excluding carboxylic acids is 1. The molecule has 218 valence electrons. The van der Waals surface area contributed by atoms with Gasteiger partial charge in [-0.3, -0.25) is 4.79 Å². The molecule has 1 heterocycles. The van der Waals surface area contributed by atoms with Crippen molar-refractivity contribution in [2.75, 3.05) is 6.61 Å². The molecule has 1 aliphatic rings. The van der Waals surface area contributed by atoms with Gasteiger partial charge in [0.1, 0.15) is 24.4 Å². The molecule has 5 atom stereocenters. The summed E-state index contributed by atoms with van der Waals surface area (Å²) >= 11 is 0. The number of hydrogen-bond donors (Lipinski definition) is 5. The van der Waals surface area contributed by atoms with Crippen molar-refractivity contribution in [1.82, 2.24) is 5.32 Å². The van der Waals surface area contributed by atoms with Gasteiger partial charge >= 0.3 is 0 Å². The Morgan fingerprint density at radius 1 is 0.757 bits per heavy atom. The van der Waals surface area contributed by atoms with Crippen LogP contribution in [0.5, 0.6) is 0 Å². The van der Waals surface area contributed by atoms with Crippen LogP contribution in [0.1, 0.15) is 137 Å². The fraction of sp³-hybridized carbons (Fsp3) is 0.900. The maximum absolute atomic E-state index is 12.1. The van der Waals surface area contributed by atoms with Crippen LogP contribution in [0.15, 0.2) is 12.2 Å². The number of aliphatic hydroxyl groups is 4. The van der Waals surface area contributed by atoms with Gasteiger partial charge in [-0.15, -0.1) is 0 Å². The van der Waals surface area contributed by atoms with E-state index < -0.39 is 43.2 Å². The highest BCUT2D eigenvalue weighted by Gasteiger charge is 2.44. The Kier molecular flexibility index (Phi) is 20.0. The smallest absolute Gasteiger partial charge is 0.244 e. The maximum atomic E-state index is 12.1. The van der Waals surface area contributed by atoms with Crippen LogP contribution in [0.3, 0.4) is 0 Å². The van der Waals surface area contributed by atoms with Crippen molar-refractivity contribution in [3.8, 4) is 0 Å². The second kappa shape index (κ2) is 22.9. The minimum atomic E-state index is -1.50. The van der Waals surface area contributed by atoms with E-state index in [4.69, 9.17) is 11.2 Å². The third-order valence-corrected chi connectivity index (χ3v) is 7.35. The van der Waals surface area contributed by atoms with E-state index >= 15 is 0 Å². The summed E-state index contributed by atoms with van der Waals surface area (Å²) in [5.74, 6) is -0.464. The molecule has 37 heavy (non-hydrogen) atoms. The van der Waals surface area contributed by atoms with Crippen molar-refractivity contribution in [3.05, 3.63) is 12.2 Å². The predicted octanol–water partition coefficient (Wildman–Crippen LogP) is 5.28. The number of aliphatic hydroxyl groups excluding tert-OH is 4. The lowest BCUT2D eigenvalue weighted by Gasteiger charge is -2.40. The topological polar surface area (TPSA) is 119 Å². The van der Waals surface area contributed by atoms with Crippen LogP contribution >= 0.6 is 0 Å². The average molecular weight is 529 g/mol. The average Bonchev–Trinajstić information content (AvgIpc) is 2.91. The van der Waals surface area contributed by atoms with E-state index in [9.17, 15) is 20.1 Å². The van der Waals surface area contributed by atoms with Gasteiger partial charge in [-0.2, -0.15) is 0 Å². The monoisotopic (exact) mass is 528 g/mol. The summed E-state index contributed by atoms with van der Waals surface area (Å²) in [6, 6.07) is -1.15. The summed E-state index contributed by atoms with van der Waals surface area (Å²) in [5.41, 5.74) is 0. The lowest BCUT2D eigenvalue weighted by Crippen LogP contribution is -2.64. The molecule has 0 aromatic heterocycles. The molecular formula is C30H57NO6. The zero-order chi connectivity index (χ0) is 27.8. The Morgan fingerprint density at radius 2 is 1.22 bits per heavy atom. The molecular weight excluding hydrogens is 470 g/mol. The Bertz CT molecular complexity index is 593.